The summed E-state index contributed by atoms with van der Waals surface area (Å²) in [6.07, 6.45) is 3.68. The van der Waals surface area contributed by atoms with Crippen molar-refractivity contribution in [3.05, 3.63) is 194 Å². The molecule has 3 nitrogen and oxygen atoms in total. The summed E-state index contributed by atoms with van der Waals surface area (Å²) in [4.78, 5) is 6.82. The highest BCUT2D eigenvalue weighted by molar-refractivity contribution is 6.15. The molecule has 0 unspecified atom stereocenters. The molecule has 0 amide bonds. The van der Waals surface area contributed by atoms with Gasteiger partial charge in [-0.15, -0.1) is 0 Å². The number of anilines is 3. The number of hydrogen-bond acceptors (Lipinski definition) is 3. The van der Waals surface area contributed by atoms with Crippen LogP contribution in [0, 0.1) is 0 Å². The van der Waals surface area contributed by atoms with E-state index in [9.17, 15) is 0 Å². The van der Waals surface area contributed by atoms with E-state index >= 15 is 0 Å². The van der Waals surface area contributed by atoms with Gasteiger partial charge in [0.15, 0.2) is 0 Å². The van der Waals surface area contributed by atoms with Crippen molar-refractivity contribution in [2.24, 2.45) is 0 Å². The largest absolute Gasteiger partial charge is 0.456 e. The van der Waals surface area contributed by atoms with Crippen molar-refractivity contribution in [3.8, 4) is 22.3 Å². The van der Waals surface area contributed by atoms with E-state index < -0.39 is 0 Å². The van der Waals surface area contributed by atoms with E-state index in [1.807, 2.05) is 12.3 Å². The zero-order chi connectivity index (χ0) is 35.6. The molecule has 0 atom stereocenters. The van der Waals surface area contributed by atoms with Gasteiger partial charge in [-0.3, -0.25) is 4.98 Å². The Balaban J connectivity index is 1.12. The quantitative estimate of drug-likeness (QED) is 0.169. The molecule has 2 aromatic heterocycles. The van der Waals surface area contributed by atoms with Crippen LogP contribution in [-0.2, 0) is 0 Å². The number of nitrogens with zero attached hydrogens (tertiary/aromatic N) is 2. The third-order valence-electron chi connectivity index (χ3n) is 10.9. The average Bonchev–Trinajstić information content (AvgIpc) is 3.60. The van der Waals surface area contributed by atoms with Gasteiger partial charge in [0.05, 0.1) is 5.69 Å². The highest BCUT2D eigenvalue weighted by Crippen LogP contribution is 2.44. The van der Waals surface area contributed by atoms with Gasteiger partial charge in [0.25, 0.3) is 0 Å². The van der Waals surface area contributed by atoms with E-state index in [0.717, 1.165) is 49.8 Å². The summed E-state index contributed by atoms with van der Waals surface area (Å²) in [5, 5.41) is 11.8. The standard InChI is InChI=1S/C51H32N2O/c1-3-16-40-33(10-1)12-8-20-41(40)35-13-7-15-39(28-35)53(49-21-9-14-37-30-51-47(31-46(37)49)48-32-52-27-26-50(48)54-51)38-24-22-34(23-25-38)45-29-36-11-2-4-17-42(36)43-18-5-6-19-44(43)45/h1-32H. The van der Waals surface area contributed by atoms with Gasteiger partial charge in [-0.05, 0) is 115 Å². The van der Waals surface area contributed by atoms with Gasteiger partial charge in [0, 0.05) is 39.9 Å². The topological polar surface area (TPSA) is 29.3 Å². The first-order valence-corrected chi connectivity index (χ1v) is 18.4. The summed E-state index contributed by atoms with van der Waals surface area (Å²) in [5.74, 6) is 0. The minimum atomic E-state index is 0.841. The monoisotopic (exact) mass is 688 g/mol. The van der Waals surface area contributed by atoms with Crippen LogP contribution in [0.2, 0.25) is 0 Å². The second kappa shape index (κ2) is 12.2. The van der Waals surface area contributed by atoms with Crippen LogP contribution in [0.3, 0.4) is 0 Å². The van der Waals surface area contributed by atoms with Gasteiger partial charge in [0.2, 0.25) is 0 Å². The van der Waals surface area contributed by atoms with Crippen molar-refractivity contribution >= 4 is 82.1 Å². The fraction of sp³-hybridized carbons (Fsp3) is 0. The molecule has 252 valence electrons. The molecule has 54 heavy (non-hydrogen) atoms. The number of rotatable bonds is 5. The summed E-state index contributed by atoms with van der Waals surface area (Å²) >= 11 is 0. The minimum Gasteiger partial charge on any atom is -0.456 e. The van der Waals surface area contributed by atoms with E-state index in [-0.39, 0.29) is 0 Å². The van der Waals surface area contributed by atoms with Crippen LogP contribution in [0.5, 0.6) is 0 Å². The Morgan fingerprint density at radius 2 is 1.07 bits per heavy atom. The van der Waals surface area contributed by atoms with Crippen LogP contribution in [-0.4, -0.2) is 4.98 Å². The lowest BCUT2D eigenvalue weighted by molar-refractivity contribution is 0.669. The summed E-state index contributed by atoms with van der Waals surface area (Å²) in [7, 11) is 0. The van der Waals surface area contributed by atoms with Gasteiger partial charge in [0.1, 0.15) is 11.2 Å². The lowest BCUT2D eigenvalue weighted by Crippen LogP contribution is -2.10. The van der Waals surface area contributed by atoms with Crippen molar-refractivity contribution in [2.75, 3.05) is 4.90 Å². The second-order valence-electron chi connectivity index (χ2n) is 14.0. The predicted molar refractivity (Wildman–Crippen MR) is 227 cm³/mol. The first kappa shape index (κ1) is 30.4. The molecule has 0 radical (unpaired) electrons. The Bertz CT molecular complexity index is 3230. The molecule has 0 saturated heterocycles. The molecule has 0 saturated carbocycles. The van der Waals surface area contributed by atoms with E-state index in [4.69, 9.17) is 4.42 Å². The number of aromatic nitrogens is 1. The molecular formula is C51H32N2O. The van der Waals surface area contributed by atoms with Crippen LogP contribution in [0.1, 0.15) is 0 Å². The van der Waals surface area contributed by atoms with Crippen LogP contribution in [0.4, 0.5) is 17.1 Å². The Labute approximate surface area is 312 Å². The Morgan fingerprint density at radius 1 is 0.370 bits per heavy atom. The van der Waals surface area contributed by atoms with E-state index in [0.29, 0.717) is 0 Å². The Morgan fingerprint density at radius 3 is 1.96 bits per heavy atom. The minimum absolute atomic E-state index is 0.841. The zero-order valence-corrected chi connectivity index (χ0v) is 29.3. The molecule has 0 bridgehead atoms. The highest BCUT2D eigenvalue weighted by atomic mass is 16.3. The molecule has 0 aliphatic carbocycles. The zero-order valence-electron chi connectivity index (χ0n) is 29.3. The first-order chi connectivity index (χ1) is 26.8. The summed E-state index contributed by atoms with van der Waals surface area (Å²) in [6, 6.07) is 65.8. The molecular weight excluding hydrogens is 657 g/mol. The number of pyridine rings is 1. The Hall–Kier alpha value is -7.23. The fourth-order valence-electron chi connectivity index (χ4n) is 8.37. The first-order valence-electron chi connectivity index (χ1n) is 18.4. The second-order valence-corrected chi connectivity index (χ2v) is 14.0. The van der Waals surface area contributed by atoms with Crippen molar-refractivity contribution in [1.29, 1.82) is 0 Å². The molecule has 3 heteroatoms. The summed E-state index contributed by atoms with van der Waals surface area (Å²) in [5.41, 5.74) is 9.74. The van der Waals surface area contributed by atoms with Gasteiger partial charge in [-0.25, -0.2) is 0 Å². The van der Waals surface area contributed by atoms with E-state index in [1.54, 1.807) is 6.20 Å². The number of hydrogen-bond donors (Lipinski definition) is 0. The number of fused-ring (bicyclic) bond motifs is 8. The van der Waals surface area contributed by atoms with E-state index in [2.05, 4.69) is 186 Å². The van der Waals surface area contributed by atoms with Crippen molar-refractivity contribution in [1.82, 2.24) is 4.98 Å². The normalized spacial score (nSPS) is 11.7. The summed E-state index contributed by atoms with van der Waals surface area (Å²) < 4.78 is 6.29. The smallest absolute Gasteiger partial charge is 0.138 e. The van der Waals surface area contributed by atoms with Crippen molar-refractivity contribution in [3.63, 3.8) is 0 Å². The molecule has 2 heterocycles. The predicted octanol–water partition coefficient (Wildman–Crippen LogP) is 14.4. The van der Waals surface area contributed by atoms with Gasteiger partial charge in [-0.1, -0.05) is 127 Å². The highest BCUT2D eigenvalue weighted by Gasteiger charge is 2.19. The van der Waals surface area contributed by atoms with Crippen molar-refractivity contribution < 1.29 is 4.42 Å². The maximum atomic E-state index is 6.29. The van der Waals surface area contributed by atoms with Crippen LogP contribution in [0.25, 0.3) is 87.3 Å². The molecule has 0 aliphatic rings. The van der Waals surface area contributed by atoms with Crippen LogP contribution < -0.4 is 4.90 Å². The molecule has 0 fully saturated rings. The lowest BCUT2D eigenvalue weighted by atomic mass is 9.93. The van der Waals surface area contributed by atoms with E-state index in [1.165, 1.54) is 54.6 Å². The Kier molecular flexibility index (Phi) is 6.86. The molecule has 0 N–H and O–H groups in total. The van der Waals surface area contributed by atoms with Crippen molar-refractivity contribution in [2.45, 2.75) is 0 Å². The number of furan rings is 1. The molecule has 11 aromatic rings. The van der Waals surface area contributed by atoms with Crippen LogP contribution in [0.15, 0.2) is 199 Å². The average molecular weight is 689 g/mol. The van der Waals surface area contributed by atoms with Crippen LogP contribution >= 0.6 is 0 Å². The molecule has 9 aromatic carbocycles. The van der Waals surface area contributed by atoms with Gasteiger partial charge >= 0.3 is 0 Å². The summed E-state index contributed by atoms with van der Waals surface area (Å²) in [6.45, 7) is 0. The molecule has 0 spiro atoms. The van der Waals surface area contributed by atoms with Gasteiger partial charge in [-0.2, -0.15) is 0 Å². The fourth-order valence-corrected chi connectivity index (χ4v) is 8.37. The van der Waals surface area contributed by atoms with Gasteiger partial charge < -0.3 is 9.32 Å². The molecule has 0 aliphatic heterocycles. The third kappa shape index (κ3) is 4.87. The number of benzene rings is 9. The molecule has 11 rings (SSSR count). The lowest BCUT2D eigenvalue weighted by Gasteiger charge is -2.28. The maximum absolute atomic E-state index is 6.29. The SMILES string of the molecule is c1cc(-c2cccc3ccccc23)cc(N(c2ccc(-c3cc4ccccc4c4ccccc34)cc2)c2cccc3cc4oc5ccncc5c4cc23)c1. The third-order valence-corrected chi connectivity index (χ3v) is 10.9. The maximum Gasteiger partial charge on any atom is 0.138 e.